The Labute approximate surface area is 242 Å². The molecular weight excluding hydrogens is 543 g/mol. The summed E-state index contributed by atoms with van der Waals surface area (Å²) in [6.07, 6.45) is 5.66. The molecule has 2 N–H and O–H groups in total. The first kappa shape index (κ1) is 25.4. The van der Waals surface area contributed by atoms with Crippen LogP contribution in [0, 0.1) is 0 Å². The van der Waals surface area contributed by atoms with Gasteiger partial charge in [-0.05, 0) is 55.1 Å². The van der Waals surface area contributed by atoms with Crippen LogP contribution < -0.4 is 15.0 Å². The summed E-state index contributed by atoms with van der Waals surface area (Å²) in [7, 11) is 0. The minimum absolute atomic E-state index is 0.146. The zero-order valence-corrected chi connectivity index (χ0v) is 23.4. The van der Waals surface area contributed by atoms with Crippen molar-refractivity contribution in [2.24, 2.45) is 0 Å². The molecule has 2 aromatic carbocycles. The molecule has 0 aliphatic carbocycles. The van der Waals surface area contributed by atoms with Gasteiger partial charge in [-0.3, -0.25) is 4.90 Å². The Bertz CT molecular complexity index is 1660. The van der Waals surface area contributed by atoms with Gasteiger partial charge in [0, 0.05) is 49.9 Å². The van der Waals surface area contributed by atoms with Crippen molar-refractivity contribution < 1.29 is 14.2 Å². The van der Waals surface area contributed by atoms with Crippen LogP contribution in [-0.2, 0) is 0 Å². The number of hydrogen-bond donors (Lipinski definition) is 2. The molecule has 4 fully saturated rings. The largest absolute Gasteiger partial charge is 0.508 e. The van der Waals surface area contributed by atoms with Crippen LogP contribution in [0.5, 0.6) is 11.6 Å². The van der Waals surface area contributed by atoms with Crippen LogP contribution in [0.15, 0.2) is 42.6 Å². The maximum absolute atomic E-state index is 14.4. The molecule has 4 atom stereocenters. The highest BCUT2D eigenvalue weighted by Crippen LogP contribution is 2.43. The zero-order valence-electron chi connectivity index (χ0n) is 22.7. The van der Waals surface area contributed by atoms with Crippen molar-refractivity contribution in [3.05, 3.63) is 47.6 Å². The second-order valence-corrected chi connectivity index (χ2v) is 12.5. The van der Waals surface area contributed by atoms with E-state index >= 15 is 0 Å². The molecule has 10 heteroatoms. The van der Waals surface area contributed by atoms with Crippen LogP contribution in [0.4, 0.5) is 10.2 Å². The Balaban J connectivity index is 1.24. The van der Waals surface area contributed by atoms with Crippen molar-refractivity contribution in [3.63, 3.8) is 0 Å². The van der Waals surface area contributed by atoms with Crippen molar-refractivity contribution in [1.82, 2.24) is 25.2 Å². The first-order valence-corrected chi connectivity index (χ1v) is 14.9. The topological polar surface area (TPSA) is 86.6 Å². The van der Waals surface area contributed by atoms with Gasteiger partial charge < -0.3 is 20.1 Å². The number of phenolic OH excluding ortho intramolecular Hbond substituents is 1. The highest BCUT2D eigenvalue weighted by Gasteiger charge is 2.49. The van der Waals surface area contributed by atoms with Gasteiger partial charge in [0.05, 0.1) is 10.9 Å². The smallest absolute Gasteiger partial charge is 0.236 e. The average Bonchev–Trinajstić information content (AvgIpc) is 3.62. The Hall–Kier alpha value is -3.27. The third-order valence-electron chi connectivity index (χ3n) is 9.47. The second kappa shape index (κ2) is 9.64. The summed E-state index contributed by atoms with van der Waals surface area (Å²) in [5.74, 6) is 1.70. The number of ether oxygens (including phenoxy) is 1. The predicted octanol–water partition coefficient (Wildman–Crippen LogP) is 5.10. The summed E-state index contributed by atoms with van der Waals surface area (Å²) in [6.45, 7) is 3.37. The molecule has 212 valence electrons. The number of nitrogens with one attached hydrogen (secondary N) is 1. The number of nitrogens with zero attached hydrogens (tertiary/aromatic N) is 5. The molecule has 6 heterocycles. The first-order chi connectivity index (χ1) is 20.0. The number of aromatic nitrogens is 3. The predicted molar refractivity (Wildman–Crippen MR) is 158 cm³/mol. The Morgan fingerprint density at radius 1 is 1.10 bits per heavy atom. The Kier molecular flexibility index (Phi) is 5.98. The molecule has 8 nitrogen and oxygen atoms in total. The fourth-order valence-corrected chi connectivity index (χ4v) is 7.83. The van der Waals surface area contributed by atoms with Crippen LogP contribution in [0.2, 0.25) is 5.02 Å². The van der Waals surface area contributed by atoms with Crippen LogP contribution in [-0.4, -0.2) is 81.5 Å². The van der Waals surface area contributed by atoms with E-state index in [2.05, 4.69) is 15.1 Å². The van der Waals surface area contributed by atoms with E-state index in [1.54, 1.807) is 18.3 Å². The van der Waals surface area contributed by atoms with Gasteiger partial charge in [0.2, 0.25) is 5.88 Å². The fourth-order valence-electron chi connectivity index (χ4n) is 7.59. The number of hydrogen-bond acceptors (Lipinski definition) is 8. The number of anilines is 1. The van der Waals surface area contributed by atoms with Crippen LogP contribution in [0.3, 0.4) is 0 Å². The average molecular weight is 575 g/mol. The molecular formula is C31H32ClFN6O2. The molecule has 8 rings (SSSR count). The normalized spacial score (nSPS) is 27.7. The Morgan fingerprint density at radius 3 is 2.78 bits per heavy atom. The van der Waals surface area contributed by atoms with Gasteiger partial charge in [-0.1, -0.05) is 35.9 Å². The van der Waals surface area contributed by atoms with Crippen LogP contribution in [0.1, 0.15) is 32.1 Å². The van der Waals surface area contributed by atoms with Gasteiger partial charge in [0.15, 0.2) is 5.82 Å². The number of rotatable bonds is 5. The standard InChI is InChI=1S/C31H32ClFN6O2/c32-26-27-25(13-34-28(36-27)24-11-22(40)10-18-4-1-2-5-23(18)24)29(38-15-20-6-7-21(16-38)35-20)37-30(26)41-17-31-8-3-9-39(31)14-19(33)12-31/h1-2,4-5,10-11,13,19-21,35,40H,3,6-9,12,14-17H2/t19?,20?,21?,31-/m0/s1. The minimum atomic E-state index is -0.835. The molecule has 4 aliphatic heterocycles. The van der Waals surface area contributed by atoms with E-state index in [0.29, 0.717) is 53.9 Å². The van der Waals surface area contributed by atoms with Gasteiger partial charge in [0.1, 0.15) is 34.9 Å². The summed E-state index contributed by atoms with van der Waals surface area (Å²) in [4.78, 5) is 19.2. The summed E-state index contributed by atoms with van der Waals surface area (Å²) in [5.41, 5.74) is 0.968. The molecule has 4 aromatic rings. The van der Waals surface area contributed by atoms with Crippen molar-refractivity contribution in [1.29, 1.82) is 0 Å². The number of pyridine rings is 1. The van der Waals surface area contributed by atoms with Gasteiger partial charge in [-0.25, -0.2) is 14.4 Å². The van der Waals surface area contributed by atoms with Gasteiger partial charge in [-0.15, -0.1) is 0 Å². The highest BCUT2D eigenvalue weighted by molar-refractivity contribution is 6.36. The number of fused-ring (bicyclic) bond motifs is 5. The quantitative estimate of drug-likeness (QED) is 0.340. The molecule has 4 saturated heterocycles. The molecule has 0 radical (unpaired) electrons. The van der Waals surface area contributed by atoms with E-state index in [0.717, 1.165) is 72.9 Å². The van der Waals surface area contributed by atoms with Gasteiger partial charge in [-0.2, -0.15) is 4.98 Å². The third-order valence-corrected chi connectivity index (χ3v) is 9.82. The van der Waals surface area contributed by atoms with Crippen LogP contribution in [0.25, 0.3) is 33.1 Å². The van der Waals surface area contributed by atoms with Crippen molar-refractivity contribution in [2.45, 2.75) is 55.9 Å². The number of piperazine rings is 1. The monoisotopic (exact) mass is 574 g/mol. The lowest BCUT2D eigenvalue weighted by molar-refractivity contribution is 0.111. The van der Waals surface area contributed by atoms with E-state index in [4.69, 9.17) is 31.3 Å². The molecule has 2 aromatic heterocycles. The molecule has 0 amide bonds. The molecule has 3 unspecified atom stereocenters. The van der Waals surface area contributed by atoms with Crippen molar-refractivity contribution in [2.75, 3.05) is 37.7 Å². The molecule has 0 saturated carbocycles. The van der Waals surface area contributed by atoms with Crippen molar-refractivity contribution in [3.8, 4) is 23.0 Å². The van der Waals surface area contributed by atoms with Gasteiger partial charge >= 0.3 is 0 Å². The number of aromatic hydroxyl groups is 1. The fraction of sp³-hybridized carbons (Fsp3) is 0.452. The maximum atomic E-state index is 14.4. The van der Waals surface area contributed by atoms with E-state index in [1.807, 2.05) is 24.3 Å². The lowest BCUT2D eigenvalue weighted by atomic mass is 9.95. The molecule has 0 spiro atoms. The first-order valence-electron chi connectivity index (χ1n) is 14.6. The number of phenols is 1. The van der Waals surface area contributed by atoms with E-state index in [1.165, 1.54) is 0 Å². The summed E-state index contributed by atoms with van der Waals surface area (Å²) < 4.78 is 20.9. The lowest BCUT2D eigenvalue weighted by Crippen LogP contribution is -2.51. The second-order valence-electron chi connectivity index (χ2n) is 12.1. The summed E-state index contributed by atoms with van der Waals surface area (Å²) in [6, 6.07) is 12.1. The highest BCUT2D eigenvalue weighted by atomic mass is 35.5. The summed E-state index contributed by atoms with van der Waals surface area (Å²) >= 11 is 7.04. The SMILES string of the molecule is Oc1cc(-c2ncc3c(N4CC5CCC(C4)N5)nc(OC[C@@]45CCCN4CC(F)C5)c(Cl)c3n2)c2ccccc2c1. The molecule has 41 heavy (non-hydrogen) atoms. The van der Waals surface area contributed by atoms with E-state index in [-0.39, 0.29) is 11.3 Å². The van der Waals surface area contributed by atoms with E-state index in [9.17, 15) is 9.50 Å². The van der Waals surface area contributed by atoms with Gasteiger partial charge in [0.25, 0.3) is 0 Å². The summed E-state index contributed by atoms with van der Waals surface area (Å²) in [5, 5.41) is 17.1. The third kappa shape index (κ3) is 4.28. The lowest BCUT2D eigenvalue weighted by Gasteiger charge is -2.35. The number of benzene rings is 2. The molecule has 2 bridgehead atoms. The zero-order chi connectivity index (χ0) is 27.7. The minimum Gasteiger partial charge on any atom is -0.508 e. The number of halogens is 2. The number of alkyl halides is 1. The van der Waals surface area contributed by atoms with E-state index < -0.39 is 6.17 Å². The Morgan fingerprint density at radius 2 is 1.93 bits per heavy atom. The maximum Gasteiger partial charge on any atom is 0.236 e. The molecule has 4 aliphatic rings. The van der Waals surface area contributed by atoms with Crippen molar-refractivity contribution >= 4 is 39.1 Å². The van der Waals surface area contributed by atoms with Crippen LogP contribution >= 0.6 is 11.6 Å².